The maximum atomic E-state index is 10.9. The van der Waals surface area contributed by atoms with E-state index in [1.165, 1.54) is 0 Å². The lowest BCUT2D eigenvalue weighted by Crippen LogP contribution is -2.13. The number of rotatable bonds is 9. The van der Waals surface area contributed by atoms with Crippen molar-refractivity contribution in [2.45, 2.75) is 19.7 Å². The number of halogens is 2. The van der Waals surface area contributed by atoms with Gasteiger partial charge in [-0.3, -0.25) is 0 Å². The first kappa shape index (κ1) is 22.0. The number of ether oxygens (including phenoxy) is 2. The van der Waals surface area contributed by atoms with Crippen molar-refractivity contribution >= 4 is 29.2 Å². The topological polar surface area (TPSA) is 67.8 Å². The second kappa shape index (κ2) is 10.3. The Kier molecular flexibility index (Phi) is 7.57. The number of carboxylic acids is 1. The quantitative estimate of drug-likeness (QED) is 0.450. The molecule has 0 fully saturated rings. The minimum Gasteiger partial charge on any atom is -0.493 e. The first-order chi connectivity index (χ1) is 14.5. The Hall–Kier alpha value is -2.73. The minimum absolute atomic E-state index is 0.265. The Morgan fingerprint density at radius 1 is 0.933 bits per heavy atom. The number of hydrogen-bond donors (Lipinski definition) is 2. The maximum Gasteiger partial charge on any atom is 0.335 e. The van der Waals surface area contributed by atoms with Crippen LogP contribution < -0.4 is 14.8 Å². The summed E-state index contributed by atoms with van der Waals surface area (Å²) < 4.78 is 11.3. The number of nitrogens with one attached hydrogen (secondary N) is 1. The predicted molar refractivity (Wildman–Crippen MR) is 118 cm³/mol. The first-order valence-electron chi connectivity index (χ1n) is 9.23. The molecule has 0 saturated carbocycles. The van der Waals surface area contributed by atoms with Crippen LogP contribution in [0.15, 0.2) is 60.7 Å². The molecule has 0 unspecified atom stereocenters. The van der Waals surface area contributed by atoms with Gasteiger partial charge in [-0.05, 0) is 47.0 Å². The molecule has 0 aliphatic heterocycles. The van der Waals surface area contributed by atoms with Gasteiger partial charge in [0.05, 0.1) is 12.7 Å². The summed E-state index contributed by atoms with van der Waals surface area (Å²) >= 11 is 12.3. The largest absolute Gasteiger partial charge is 0.493 e. The van der Waals surface area contributed by atoms with Crippen molar-refractivity contribution in [3.63, 3.8) is 0 Å². The molecule has 0 aromatic heterocycles. The van der Waals surface area contributed by atoms with E-state index in [2.05, 4.69) is 5.32 Å². The van der Waals surface area contributed by atoms with Gasteiger partial charge in [0.15, 0.2) is 11.5 Å². The van der Waals surface area contributed by atoms with Crippen LogP contribution in [-0.4, -0.2) is 18.2 Å². The van der Waals surface area contributed by atoms with Crippen LogP contribution in [0.4, 0.5) is 0 Å². The smallest absolute Gasteiger partial charge is 0.335 e. The van der Waals surface area contributed by atoms with E-state index in [0.717, 1.165) is 16.7 Å². The Bertz CT molecular complexity index is 1000. The van der Waals surface area contributed by atoms with Gasteiger partial charge in [0, 0.05) is 29.2 Å². The molecule has 0 aliphatic rings. The van der Waals surface area contributed by atoms with Crippen molar-refractivity contribution in [3.05, 3.63) is 93.0 Å². The van der Waals surface area contributed by atoms with Crippen molar-refractivity contribution in [2.24, 2.45) is 0 Å². The van der Waals surface area contributed by atoms with Gasteiger partial charge in [-0.2, -0.15) is 0 Å². The molecule has 5 nitrogen and oxygen atoms in total. The highest BCUT2D eigenvalue weighted by Gasteiger charge is 2.11. The molecular formula is C23H21Cl2NO4. The van der Waals surface area contributed by atoms with Gasteiger partial charge in [0.2, 0.25) is 0 Å². The second-order valence-electron chi connectivity index (χ2n) is 6.62. The van der Waals surface area contributed by atoms with E-state index < -0.39 is 5.97 Å². The van der Waals surface area contributed by atoms with Crippen LogP contribution >= 0.6 is 23.2 Å². The lowest BCUT2D eigenvalue weighted by Gasteiger charge is -2.14. The monoisotopic (exact) mass is 445 g/mol. The average molecular weight is 446 g/mol. The zero-order chi connectivity index (χ0) is 21.5. The van der Waals surface area contributed by atoms with Crippen molar-refractivity contribution in [3.8, 4) is 11.5 Å². The number of hydrogen-bond acceptors (Lipinski definition) is 4. The molecule has 0 amide bonds. The predicted octanol–water partition coefficient (Wildman–Crippen LogP) is 5.57. The van der Waals surface area contributed by atoms with Crippen LogP contribution in [0.2, 0.25) is 10.0 Å². The van der Waals surface area contributed by atoms with Crippen LogP contribution in [0.5, 0.6) is 11.5 Å². The van der Waals surface area contributed by atoms with Gasteiger partial charge in [0.1, 0.15) is 6.61 Å². The molecule has 3 rings (SSSR count). The molecule has 7 heteroatoms. The summed E-state index contributed by atoms with van der Waals surface area (Å²) in [6.45, 7) is 1.47. The van der Waals surface area contributed by atoms with Crippen molar-refractivity contribution in [1.82, 2.24) is 5.32 Å². The van der Waals surface area contributed by atoms with Gasteiger partial charge in [-0.1, -0.05) is 47.5 Å². The third-order valence-corrected chi connectivity index (χ3v) is 5.09. The van der Waals surface area contributed by atoms with E-state index in [1.807, 2.05) is 30.3 Å². The molecule has 0 bridgehead atoms. The number of methoxy groups -OCH3 is 1. The van der Waals surface area contributed by atoms with E-state index in [4.69, 9.17) is 37.8 Å². The fourth-order valence-corrected chi connectivity index (χ4v) is 3.18. The summed E-state index contributed by atoms with van der Waals surface area (Å²) in [7, 11) is 1.58. The first-order valence-corrected chi connectivity index (χ1v) is 9.98. The standard InChI is InChI=1S/C23H21Cl2NO4/c1-29-21-10-18(13-26-12-15-2-6-17(7-3-15)23(27)28)20(25)11-22(21)30-14-16-4-8-19(24)9-5-16/h2-11,26H,12-14H2,1H3,(H,27,28). The third-order valence-electron chi connectivity index (χ3n) is 4.49. The van der Waals surface area contributed by atoms with Crippen molar-refractivity contribution in [1.29, 1.82) is 0 Å². The van der Waals surface area contributed by atoms with E-state index in [9.17, 15) is 4.79 Å². The number of carboxylic acid groups (broad SMARTS) is 1. The van der Waals surface area contributed by atoms with Crippen LogP contribution in [0.25, 0.3) is 0 Å². The zero-order valence-corrected chi connectivity index (χ0v) is 17.8. The zero-order valence-electron chi connectivity index (χ0n) is 16.3. The minimum atomic E-state index is -0.938. The molecule has 0 heterocycles. The molecule has 0 aliphatic carbocycles. The second-order valence-corrected chi connectivity index (χ2v) is 7.46. The summed E-state index contributed by atoms with van der Waals surface area (Å²) in [4.78, 5) is 10.9. The molecule has 3 aromatic carbocycles. The highest BCUT2D eigenvalue weighted by molar-refractivity contribution is 6.31. The number of aromatic carboxylic acids is 1. The van der Waals surface area contributed by atoms with Crippen molar-refractivity contribution < 1.29 is 19.4 Å². The number of carbonyl (C=O) groups is 1. The van der Waals surface area contributed by atoms with Gasteiger partial charge in [-0.25, -0.2) is 4.79 Å². The van der Waals surface area contributed by atoms with Gasteiger partial charge in [-0.15, -0.1) is 0 Å². The fourth-order valence-electron chi connectivity index (χ4n) is 2.83. The van der Waals surface area contributed by atoms with E-state index in [1.54, 1.807) is 37.4 Å². The molecule has 30 heavy (non-hydrogen) atoms. The average Bonchev–Trinajstić information content (AvgIpc) is 2.75. The summed E-state index contributed by atoms with van der Waals surface area (Å²) in [5, 5.41) is 13.5. The summed E-state index contributed by atoms with van der Waals surface area (Å²) in [6.07, 6.45) is 0. The molecule has 0 spiro atoms. The summed E-state index contributed by atoms with van der Waals surface area (Å²) in [5.74, 6) is 0.216. The third kappa shape index (κ3) is 5.89. The van der Waals surface area contributed by atoms with Gasteiger partial charge in [0.25, 0.3) is 0 Å². The van der Waals surface area contributed by atoms with Crippen LogP contribution in [-0.2, 0) is 19.7 Å². The Morgan fingerprint density at radius 3 is 2.23 bits per heavy atom. The van der Waals surface area contributed by atoms with Crippen LogP contribution in [0, 0.1) is 0 Å². The lowest BCUT2D eigenvalue weighted by molar-refractivity contribution is 0.0697. The molecule has 0 atom stereocenters. The van der Waals surface area contributed by atoms with Crippen LogP contribution in [0.3, 0.4) is 0 Å². The van der Waals surface area contributed by atoms with E-state index in [-0.39, 0.29) is 5.56 Å². The molecule has 0 saturated heterocycles. The van der Waals surface area contributed by atoms with Gasteiger partial charge < -0.3 is 19.9 Å². The molecular weight excluding hydrogens is 425 g/mol. The fraction of sp³-hybridized carbons (Fsp3) is 0.174. The lowest BCUT2D eigenvalue weighted by atomic mass is 10.1. The molecule has 3 aromatic rings. The normalized spacial score (nSPS) is 10.6. The highest BCUT2D eigenvalue weighted by Crippen LogP contribution is 2.34. The Balaban J connectivity index is 1.61. The van der Waals surface area contributed by atoms with Crippen LogP contribution in [0.1, 0.15) is 27.0 Å². The molecule has 2 N–H and O–H groups in total. The van der Waals surface area contributed by atoms with E-state index >= 15 is 0 Å². The molecule has 156 valence electrons. The maximum absolute atomic E-state index is 10.9. The highest BCUT2D eigenvalue weighted by atomic mass is 35.5. The molecule has 0 radical (unpaired) electrons. The Morgan fingerprint density at radius 2 is 1.60 bits per heavy atom. The summed E-state index contributed by atoms with van der Waals surface area (Å²) in [5.41, 5.74) is 3.10. The summed E-state index contributed by atoms with van der Waals surface area (Å²) in [6, 6.07) is 17.8. The number of benzene rings is 3. The van der Waals surface area contributed by atoms with Gasteiger partial charge >= 0.3 is 5.97 Å². The Labute approximate surface area is 185 Å². The SMILES string of the molecule is COc1cc(CNCc2ccc(C(=O)O)cc2)c(Cl)cc1OCc1ccc(Cl)cc1. The van der Waals surface area contributed by atoms with E-state index in [0.29, 0.717) is 41.2 Å². The van der Waals surface area contributed by atoms with Crippen molar-refractivity contribution in [2.75, 3.05) is 7.11 Å².